The number of rotatable bonds is 5. The highest BCUT2D eigenvalue weighted by molar-refractivity contribution is 5.85. The van der Waals surface area contributed by atoms with Crippen molar-refractivity contribution in [2.24, 2.45) is 0 Å². The second-order valence-electron chi connectivity index (χ2n) is 7.97. The van der Waals surface area contributed by atoms with E-state index in [4.69, 9.17) is 4.42 Å². The molecule has 4 aromatic carbocycles. The quantitative estimate of drug-likeness (QED) is 0.280. The maximum Gasteiger partial charge on any atom is 0.227 e. The Bertz CT molecular complexity index is 1350. The highest BCUT2D eigenvalue weighted by atomic mass is 16.3. The van der Waals surface area contributed by atoms with E-state index in [1.165, 1.54) is 11.3 Å². The normalized spacial score (nSPS) is 11.3. The van der Waals surface area contributed by atoms with Crippen LogP contribution in [-0.2, 0) is 0 Å². The first-order valence-corrected chi connectivity index (χ1v) is 10.7. The van der Waals surface area contributed by atoms with Crippen LogP contribution in [0.3, 0.4) is 0 Å². The molecule has 0 atom stereocenters. The number of hydrogen-bond donors (Lipinski definition) is 0. The van der Waals surface area contributed by atoms with Crippen LogP contribution in [0.25, 0.3) is 45.8 Å². The Hall–Kier alpha value is -4.11. The molecule has 0 aliphatic carbocycles. The molecule has 1 heterocycles. The van der Waals surface area contributed by atoms with Crippen molar-refractivity contribution in [2.45, 2.75) is 0 Å². The van der Waals surface area contributed by atoms with Gasteiger partial charge in [-0.2, -0.15) is 0 Å². The number of benzene rings is 4. The van der Waals surface area contributed by atoms with Crippen molar-refractivity contribution in [3.05, 3.63) is 108 Å². The fraction of sp³-hybridized carbons (Fsp3) is 0.0690. The van der Waals surface area contributed by atoms with Crippen molar-refractivity contribution in [3.8, 4) is 22.6 Å². The van der Waals surface area contributed by atoms with E-state index in [0.717, 1.165) is 33.4 Å². The SMILES string of the molecule is CN(C)c1ccc(-c2cc(-c3nc4ccccc4o3)ccc2/C=C/c2ccccc2)cc1. The molecule has 32 heavy (non-hydrogen) atoms. The third-order valence-electron chi connectivity index (χ3n) is 5.54. The summed E-state index contributed by atoms with van der Waals surface area (Å²) in [5.74, 6) is 0.635. The van der Waals surface area contributed by atoms with Gasteiger partial charge in [-0.15, -0.1) is 0 Å². The first-order valence-electron chi connectivity index (χ1n) is 10.7. The van der Waals surface area contributed by atoms with Crippen LogP contribution in [0.15, 0.2) is 101 Å². The van der Waals surface area contributed by atoms with E-state index in [2.05, 4.69) is 103 Å². The van der Waals surface area contributed by atoms with Crippen LogP contribution in [0.4, 0.5) is 5.69 Å². The Labute approximate surface area is 188 Å². The average molecular weight is 417 g/mol. The van der Waals surface area contributed by atoms with Crippen LogP contribution >= 0.6 is 0 Å². The number of aromatic nitrogens is 1. The zero-order chi connectivity index (χ0) is 21.9. The lowest BCUT2D eigenvalue weighted by Gasteiger charge is -2.14. The minimum Gasteiger partial charge on any atom is -0.436 e. The van der Waals surface area contributed by atoms with Gasteiger partial charge in [0.25, 0.3) is 0 Å². The molecule has 0 saturated carbocycles. The molecule has 0 saturated heterocycles. The van der Waals surface area contributed by atoms with Crippen LogP contribution in [-0.4, -0.2) is 19.1 Å². The molecule has 0 spiro atoms. The summed E-state index contributed by atoms with van der Waals surface area (Å²) in [6.45, 7) is 0. The molecule has 0 amide bonds. The van der Waals surface area contributed by atoms with E-state index in [9.17, 15) is 0 Å². The smallest absolute Gasteiger partial charge is 0.227 e. The van der Waals surface area contributed by atoms with Gasteiger partial charge in [0.2, 0.25) is 5.89 Å². The summed E-state index contributed by atoms with van der Waals surface area (Å²) in [4.78, 5) is 6.79. The first-order chi connectivity index (χ1) is 15.7. The van der Waals surface area contributed by atoms with Crippen molar-refractivity contribution in [1.82, 2.24) is 4.98 Å². The van der Waals surface area contributed by atoms with Crippen molar-refractivity contribution in [2.75, 3.05) is 19.0 Å². The third kappa shape index (κ3) is 4.06. The highest BCUT2D eigenvalue weighted by Gasteiger charge is 2.12. The van der Waals surface area contributed by atoms with E-state index in [1.54, 1.807) is 0 Å². The second kappa shape index (κ2) is 8.56. The summed E-state index contributed by atoms with van der Waals surface area (Å²) >= 11 is 0. The third-order valence-corrected chi connectivity index (χ3v) is 5.54. The first kappa shape index (κ1) is 19.8. The Kier molecular flexibility index (Phi) is 5.30. The van der Waals surface area contributed by atoms with E-state index in [1.807, 2.05) is 30.3 Å². The molecule has 156 valence electrons. The minimum absolute atomic E-state index is 0.635. The molecular weight excluding hydrogens is 392 g/mol. The van der Waals surface area contributed by atoms with Crippen LogP contribution in [0.1, 0.15) is 11.1 Å². The second-order valence-corrected chi connectivity index (χ2v) is 7.97. The molecule has 1 aromatic heterocycles. The zero-order valence-corrected chi connectivity index (χ0v) is 18.2. The monoisotopic (exact) mass is 416 g/mol. The van der Waals surface area contributed by atoms with E-state index >= 15 is 0 Å². The molecule has 5 rings (SSSR count). The number of fused-ring (bicyclic) bond motifs is 1. The lowest BCUT2D eigenvalue weighted by molar-refractivity contribution is 0.620. The van der Waals surface area contributed by atoms with Crippen LogP contribution in [0, 0.1) is 0 Å². The van der Waals surface area contributed by atoms with E-state index < -0.39 is 0 Å². The number of para-hydroxylation sites is 2. The van der Waals surface area contributed by atoms with E-state index in [0.29, 0.717) is 5.89 Å². The minimum atomic E-state index is 0.635. The fourth-order valence-corrected chi connectivity index (χ4v) is 3.77. The fourth-order valence-electron chi connectivity index (χ4n) is 3.77. The van der Waals surface area contributed by atoms with Gasteiger partial charge < -0.3 is 9.32 Å². The van der Waals surface area contributed by atoms with Gasteiger partial charge in [-0.1, -0.05) is 72.8 Å². The van der Waals surface area contributed by atoms with Gasteiger partial charge in [0.15, 0.2) is 5.58 Å². The molecule has 0 radical (unpaired) electrons. The average Bonchev–Trinajstić information content (AvgIpc) is 3.28. The van der Waals surface area contributed by atoms with Gasteiger partial charge >= 0.3 is 0 Å². The maximum absolute atomic E-state index is 6.03. The molecule has 0 bridgehead atoms. The molecule has 0 fully saturated rings. The van der Waals surface area contributed by atoms with Crippen molar-refractivity contribution >= 4 is 28.9 Å². The standard InChI is InChI=1S/C29H24N2O/c1-31(2)25-18-16-23(17-19-25)26-20-24(29-30-27-10-6-7-11-28(27)32-29)15-14-22(26)13-12-21-8-4-3-5-9-21/h3-20H,1-2H3/b13-12+. The lowest BCUT2D eigenvalue weighted by Crippen LogP contribution is -2.07. The van der Waals surface area contributed by atoms with Gasteiger partial charge in [0, 0.05) is 25.3 Å². The van der Waals surface area contributed by atoms with Crippen LogP contribution in [0.5, 0.6) is 0 Å². The topological polar surface area (TPSA) is 29.3 Å². The zero-order valence-electron chi connectivity index (χ0n) is 18.2. The number of nitrogens with zero attached hydrogens (tertiary/aromatic N) is 2. The summed E-state index contributed by atoms with van der Waals surface area (Å²) in [6, 6.07) is 33.2. The van der Waals surface area contributed by atoms with Gasteiger partial charge in [-0.05, 0) is 58.7 Å². The summed E-state index contributed by atoms with van der Waals surface area (Å²) in [6.07, 6.45) is 4.31. The van der Waals surface area contributed by atoms with Gasteiger partial charge in [0.1, 0.15) is 5.52 Å². The lowest BCUT2D eigenvalue weighted by atomic mass is 9.96. The Morgan fingerprint density at radius 1 is 0.719 bits per heavy atom. The van der Waals surface area contributed by atoms with Crippen LogP contribution in [0.2, 0.25) is 0 Å². The Morgan fingerprint density at radius 2 is 1.44 bits per heavy atom. The molecular formula is C29H24N2O. The van der Waals surface area contributed by atoms with Crippen molar-refractivity contribution in [1.29, 1.82) is 0 Å². The maximum atomic E-state index is 6.03. The number of oxazole rings is 1. The molecule has 3 nitrogen and oxygen atoms in total. The van der Waals surface area contributed by atoms with Gasteiger partial charge in [-0.25, -0.2) is 4.98 Å². The number of anilines is 1. The molecule has 5 aromatic rings. The largest absolute Gasteiger partial charge is 0.436 e. The summed E-state index contributed by atoms with van der Waals surface area (Å²) in [5.41, 5.74) is 8.41. The molecule has 0 N–H and O–H groups in total. The number of hydrogen-bond acceptors (Lipinski definition) is 3. The van der Waals surface area contributed by atoms with E-state index in [-0.39, 0.29) is 0 Å². The summed E-state index contributed by atoms with van der Waals surface area (Å²) in [5, 5.41) is 0. The predicted octanol–water partition coefficient (Wildman–Crippen LogP) is 7.40. The predicted molar refractivity (Wildman–Crippen MR) is 135 cm³/mol. The highest BCUT2D eigenvalue weighted by Crippen LogP contribution is 2.33. The molecule has 0 aliphatic heterocycles. The van der Waals surface area contributed by atoms with Crippen molar-refractivity contribution in [3.63, 3.8) is 0 Å². The Morgan fingerprint density at radius 3 is 2.19 bits per heavy atom. The molecule has 3 heteroatoms. The van der Waals surface area contributed by atoms with Gasteiger partial charge in [0.05, 0.1) is 0 Å². The molecule has 0 aliphatic rings. The van der Waals surface area contributed by atoms with Crippen LogP contribution < -0.4 is 4.90 Å². The molecule has 0 unspecified atom stereocenters. The summed E-state index contributed by atoms with van der Waals surface area (Å²) < 4.78 is 6.03. The van der Waals surface area contributed by atoms with Crippen molar-refractivity contribution < 1.29 is 4.42 Å². The van der Waals surface area contributed by atoms with Gasteiger partial charge in [-0.3, -0.25) is 0 Å². The summed E-state index contributed by atoms with van der Waals surface area (Å²) in [7, 11) is 4.10. The Balaban J connectivity index is 1.60.